The Morgan fingerprint density at radius 3 is 1.68 bits per heavy atom. The summed E-state index contributed by atoms with van der Waals surface area (Å²) in [7, 11) is 4.81. The molecule has 0 saturated carbocycles. The normalized spacial score (nSPS) is 12.3. The van der Waals surface area contributed by atoms with Crippen molar-refractivity contribution in [2.75, 3.05) is 21.3 Å². The van der Waals surface area contributed by atoms with Crippen molar-refractivity contribution in [3.63, 3.8) is 0 Å². The second kappa shape index (κ2) is 17.9. The lowest BCUT2D eigenvalue weighted by Crippen LogP contribution is -2.04. The number of benzene rings is 1. The third-order valence-corrected chi connectivity index (χ3v) is 5.83. The lowest BCUT2D eigenvalue weighted by atomic mass is 10.00. The highest BCUT2D eigenvalue weighted by molar-refractivity contribution is 5.51. The molecule has 4 nitrogen and oxygen atoms in total. The predicted octanol–water partition coefficient (Wildman–Crippen LogP) is 7.78. The van der Waals surface area contributed by atoms with Gasteiger partial charge in [0.05, 0.1) is 33.0 Å². The van der Waals surface area contributed by atoms with E-state index in [0.29, 0.717) is 29.2 Å². The van der Waals surface area contributed by atoms with Gasteiger partial charge in [-0.15, -0.1) is 0 Å². The second-order valence-electron chi connectivity index (χ2n) is 8.33. The van der Waals surface area contributed by atoms with Crippen LogP contribution in [0.2, 0.25) is 0 Å². The Kier molecular flexibility index (Phi) is 15.8. The van der Waals surface area contributed by atoms with Gasteiger partial charge < -0.3 is 19.3 Å². The molecule has 1 aromatic carbocycles. The summed E-state index contributed by atoms with van der Waals surface area (Å²) in [6.07, 6.45) is 21.4. The first-order valence-corrected chi connectivity index (χ1v) is 12.3. The molecule has 0 radical (unpaired) electrons. The van der Waals surface area contributed by atoms with Gasteiger partial charge in [0.2, 0.25) is 0 Å². The van der Waals surface area contributed by atoms with Gasteiger partial charge in [-0.3, -0.25) is 0 Å². The third kappa shape index (κ3) is 11.5. The highest BCUT2D eigenvalue weighted by Gasteiger charge is 2.20. The van der Waals surface area contributed by atoms with Gasteiger partial charge in [0, 0.05) is 12.1 Å². The molecule has 0 bridgehead atoms. The first-order chi connectivity index (χ1) is 15.2. The lowest BCUT2D eigenvalue weighted by molar-refractivity contribution is 0.155. The van der Waals surface area contributed by atoms with Crippen LogP contribution in [0.3, 0.4) is 0 Å². The van der Waals surface area contributed by atoms with Crippen molar-refractivity contribution in [3.8, 4) is 17.2 Å². The topological polar surface area (TPSA) is 47.9 Å². The smallest absolute Gasteiger partial charge is 0.132 e. The molecule has 1 N–H and O–H groups in total. The van der Waals surface area contributed by atoms with Crippen LogP contribution >= 0.6 is 0 Å². The predicted molar refractivity (Wildman–Crippen MR) is 131 cm³/mol. The van der Waals surface area contributed by atoms with Crippen molar-refractivity contribution >= 4 is 0 Å². The van der Waals surface area contributed by atoms with E-state index in [1.807, 2.05) is 0 Å². The van der Waals surface area contributed by atoms with Gasteiger partial charge in [0.25, 0.3) is 0 Å². The number of ether oxygens (including phenoxy) is 3. The minimum Gasteiger partial charge on any atom is -0.496 e. The number of hydrogen-bond acceptors (Lipinski definition) is 4. The van der Waals surface area contributed by atoms with Crippen LogP contribution in [0.25, 0.3) is 0 Å². The van der Waals surface area contributed by atoms with Crippen LogP contribution in [0.1, 0.15) is 108 Å². The van der Waals surface area contributed by atoms with Crippen LogP contribution in [0.5, 0.6) is 17.2 Å². The van der Waals surface area contributed by atoms with Crippen LogP contribution in [-0.4, -0.2) is 26.4 Å². The summed E-state index contributed by atoms with van der Waals surface area (Å²) in [6, 6.07) is 3.59. The van der Waals surface area contributed by atoms with Gasteiger partial charge in [-0.25, -0.2) is 0 Å². The Morgan fingerprint density at radius 2 is 1.19 bits per heavy atom. The maximum absolute atomic E-state index is 10.7. The van der Waals surface area contributed by atoms with Crippen molar-refractivity contribution in [2.45, 2.75) is 103 Å². The number of rotatable bonds is 19. The van der Waals surface area contributed by atoms with Crippen LogP contribution in [-0.2, 0) is 0 Å². The number of methoxy groups -OCH3 is 3. The molecule has 0 fully saturated rings. The van der Waals surface area contributed by atoms with E-state index in [1.54, 1.807) is 33.5 Å². The molecule has 1 rings (SSSR count). The maximum atomic E-state index is 10.7. The molecule has 0 spiro atoms. The Bertz CT molecular complexity index is 572. The molecule has 0 aliphatic heterocycles. The van der Waals surface area contributed by atoms with Crippen LogP contribution in [0, 0.1) is 0 Å². The molecule has 0 aliphatic rings. The van der Waals surface area contributed by atoms with E-state index in [9.17, 15) is 5.11 Å². The summed E-state index contributed by atoms with van der Waals surface area (Å²) in [5, 5.41) is 10.7. The molecule has 0 aliphatic carbocycles. The molecule has 1 aromatic rings. The van der Waals surface area contributed by atoms with Crippen molar-refractivity contribution in [3.05, 3.63) is 29.8 Å². The number of hydrogen-bond donors (Lipinski definition) is 1. The Morgan fingerprint density at radius 1 is 0.710 bits per heavy atom. The molecule has 0 heterocycles. The third-order valence-electron chi connectivity index (χ3n) is 5.83. The maximum Gasteiger partial charge on any atom is 0.132 e. The van der Waals surface area contributed by atoms with Gasteiger partial charge in [0.15, 0.2) is 0 Å². The first kappa shape index (κ1) is 27.4. The van der Waals surface area contributed by atoms with E-state index in [0.717, 1.165) is 12.8 Å². The molecular weight excluding hydrogens is 388 g/mol. The molecule has 0 saturated heterocycles. The van der Waals surface area contributed by atoms with Crippen molar-refractivity contribution in [1.29, 1.82) is 0 Å². The average molecular weight is 435 g/mol. The molecule has 4 heteroatoms. The fourth-order valence-electron chi connectivity index (χ4n) is 3.91. The largest absolute Gasteiger partial charge is 0.496 e. The summed E-state index contributed by atoms with van der Waals surface area (Å²) in [5.41, 5.74) is 0.710. The highest BCUT2D eigenvalue weighted by Crippen LogP contribution is 2.39. The number of aliphatic hydroxyl groups excluding tert-OH is 1. The SMILES string of the molecule is CCCCCCCC/C=C\CCCCCCC[C@@H](O)c1c(OC)cc(OC)cc1OC. The zero-order valence-electron chi connectivity index (χ0n) is 20.5. The summed E-state index contributed by atoms with van der Waals surface area (Å²) in [5.74, 6) is 1.87. The van der Waals surface area contributed by atoms with Gasteiger partial charge in [-0.1, -0.05) is 76.9 Å². The van der Waals surface area contributed by atoms with E-state index in [-0.39, 0.29) is 0 Å². The Labute approximate surface area is 191 Å². The Hall–Kier alpha value is -1.68. The van der Waals surface area contributed by atoms with E-state index in [2.05, 4.69) is 19.1 Å². The fourth-order valence-corrected chi connectivity index (χ4v) is 3.91. The van der Waals surface area contributed by atoms with E-state index in [1.165, 1.54) is 70.6 Å². The summed E-state index contributed by atoms with van der Waals surface area (Å²) in [6.45, 7) is 2.27. The first-order valence-electron chi connectivity index (χ1n) is 12.3. The van der Waals surface area contributed by atoms with Crippen molar-refractivity contribution in [2.24, 2.45) is 0 Å². The summed E-state index contributed by atoms with van der Waals surface area (Å²) in [4.78, 5) is 0. The minimum absolute atomic E-state index is 0.597. The molecule has 0 amide bonds. The quantitative estimate of drug-likeness (QED) is 0.178. The van der Waals surface area contributed by atoms with Gasteiger partial charge in [-0.2, -0.15) is 0 Å². The standard InChI is InChI=1S/C27H46O4/c1-5-6-7-8-9-10-11-12-13-14-15-16-17-18-19-20-24(28)27-25(30-3)21-23(29-2)22-26(27)31-4/h12-13,21-22,24,28H,5-11,14-20H2,1-4H3/b13-12-/t24-/m1/s1. The van der Waals surface area contributed by atoms with Gasteiger partial charge in [0.1, 0.15) is 17.2 Å². The van der Waals surface area contributed by atoms with Gasteiger partial charge in [-0.05, 0) is 32.1 Å². The van der Waals surface area contributed by atoms with Crippen molar-refractivity contribution in [1.82, 2.24) is 0 Å². The van der Waals surface area contributed by atoms with Gasteiger partial charge >= 0.3 is 0 Å². The molecule has 1 atom stereocenters. The molecule has 31 heavy (non-hydrogen) atoms. The van der Waals surface area contributed by atoms with E-state index >= 15 is 0 Å². The number of aliphatic hydroxyl groups is 1. The zero-order chi connectivity index (χ0) is 22.7. The fraction of sp³-hybridized carbons (Fsp3) is 0.704. The highest BCUT2D eigenvalue weighted by atomic mass is 16.5. The van der Waals surface area contributed by atoms with Crippen molar-refractivity contribution < 1.29 is 19.3 Å². The lowest BCUT2D eigenvalue weighted by Gasteiger charge is -2.19. The molecule has 0 aromatic heterocycles. The molecule has 0 unspecified atom stereocenters. The van der Waals surface area contributed by atoms with E-state index in [4.69, 9.17) is 14.2 Å². The monoisotopic (exact) mass is 434 g/mol. The van der Waals surface area contributed by atoms with Crippen LogP contribution < -0.4 is 14.2 Å². The molecular formula is C27H46O4. The Balaban J connectivity index is 2.16. The zero-order valence-corrected chi connectivity index (χ0v) is 20.5. The number of unbranched alkanes of at least 4 members (excludes halogenated alkanes) is 11. The van der Waals surface area contributed by atoms with Crippen LogP contribution in [0.15, 0.2) is 24.3 Å². The average Bonchev–Trinajstić information content (AvgIpc) is 2.80. The summed E-state index contributed by atoms with van der Waals surface area (Å²) >= 11 is 0. The molecule has 178 valence electrons. The number of allylic oxidation sites excluding steroid dienone is 2. The second-order valence-corrected chi connectivity index (χ2v) is 8.33. The summed E-state index contributed by atoms with van der Waals surface area (Å²) < 4.78 is 16.2. The minimum atomic E-state index is -0.597. The van der Waals surface area contributed by atoms with E-state index < -0.39 is 6.10 Å². The van der Waals surface area contributed by atoms with Crippen LogP contribution in [0.4, 0.5) is 0 Å².